The van der Waals surface area contributed by atoms with Gasteiger partial charge in [-0.1, -0.05) is 12.1 Å². The molecule has 1 amide bonds. The van der Waals surface area contributed by atoms with Crippen LogP contribution in [0.4, 0.5) is 8.78 Å². The second-order valence-corrected chi connectivity index (χ2v) is 5.86. The normalized spacial score (nSPS) is 14.8. The van der Waals surface area contributed by atoms with Crippen molar-refractivity contribution >= 4 is 24.3 Å². The largest absolute Gasteiger partial charge is 0.481 e. The minimum Gasteiger partial charge on any atom is -0.481 e. The van der Waals surface area contributed by atoms with Crippen LogP contribution in [0.5, 0.6) is 5.75 Å². The van der Waals surface area contributed by atoms with Gasteiger partial charge in [-0.15, -0.1) is 12.4 Å². The van der Waals surface area contributed by atoms with E-state index in [4.69, 9.17) is 5.11 Å². The molecule has 9 heteroatoms. The summed E-state index contributed by atoms with van der Waals surface area (Å²) in [6, 6.07) is 6.00. The maximum absolute atomic E-state index is 12.6. The number of carbonyl (C=O) groups is 2. The number of unbranched alkanes of at least 4 members (excludes halogenated alkanes) is 1. The van der Waals surface area contributed by atoms with Gasteiger partial charge >= 0.3 is 12.6 Å². The maximum Gasteiger partial charge on any atom is 0.387 e. The van der Waals surface area contributed by atoms with Gasteiger partial charge in [0.05, 0.1) is 5.56 Å². The van der Waals surface area contributed by atoms with Gasteiger partial charge in [-0.2, -0.15) is 8.78 Å². The van der Waals surface area contributed by atoms with Crippen LogP contribution in [-0.2, 0) is 4.79 Å². The molecule has 0 saturated carbocycles. The molecule has 0 aliphatic carbocycles. The van der Waals surface area contributed by atoms with Gasteiger partial charge < -0.3 is 14.7 Å². The molecule has 1 N–H and O–H groups in total. The fourth-order valence-corrected chi connectivity index (χ4v) is 2.80. The molecule has 0 radical (unpaired) electrons. The third-order valence-electron chi connectivity index (χ3n) is 4.11. The number of ether oxygens (including phenoxy) is 1. The first-order valence-corrected chi connectivity index (χ1v) is 8.24. The minimum atomic E-state index is -2.98. The van der Waals surface area contributed by atoms with Crippen molar-refractivity contribution in [1.29, 1.82) is 0 Å². The number of aliphatic carboxylic acids is 1. The van der Waals surface area contributed by atoms with Crippen LogP contribution in [0.2, 0.25) is 0 Å². The van der Waals surface area contributed by atoms with Crippen molar-refractivity contribution in [2.24, 2.45) is 0 Å². The van der Waals surface area contributed by atoms with E-state index < -0.39 is 12.6 Å². The van der Waals surface area contributed by atoms with Gasteiger partial charge in [0.25, 0.3) is 5.91 Å². The molecule has 26 heavy (non-hydrogen) atoms. The highest BCUT2D eigenvalue weighted by Gasteiger charge is 2.24. The lowest BCUT2D eigenvalue weighted by molar-refractivity contribution is -0.137. The Labute approximate surface area is 157 Å². The number of carboxylic acid groups (broad SMARTS) is 1. The summed E-state index contributed by atoms with van der Waals surface area (Å²) < 4.78 is 29.4. The van der Waals surface area contributed by atoms with Crippen molar-refractivity contribution < 1.29 is 28.2 Å². The highest BCUT2D eigenvalue weighted by Crippen LogP contribution is 2.22. The summed E-state index contributed by atoms with van der Waals surface area (Å²) in [6.45, 7) is 0.173. The second kappa shape index (κ2) is 10.9. The predicted octanol–water partition coefficient (Wildman–Crippen LogP) is 2.72. The summed E-state index contributed by atoms with van der Waals surface area (Å²) >= 11 is 0. The molecule has 0 unspecified atom stereocenters. The van der Waals surface area contributed by atoms with E-state index in [1.807, 2.05) is 0 Å². The number of carbonyl (C=O) groups excluding carboxylic acids is 1. The van der Waals surface area contributed by atoms with Crippen LogP contribution < -0.4 is 4.74 Å². The molecule has 1 aliphatic heterocycles. The van der Waals surface area contributed by atoms with Gasteiger partial charge in [0.1, 0.15) is 5.75 Å². The third kappa shape index (κ3) is 6.76. The second-order valence-electron chi connectivity index (χ2n) is 5.86. The first-order valence-electron chi connectivity index (χ1n) is 8.24. The van der Waals surface area contributed by atoms with Crippen LogP contribution in [-0.4, -0.2) is 66.1 Å². The zero-order valence-corrected chi connectivity index (χ0v) is 15.1. The Morgan fingerprint density at radius 2 is 1.77 bits per heavy atom. The molecular formula is C17H23ClF2N2O4. The summed E-state index contributed by atoms with van der Waals surface area (Å²) in [7, 11) is 0. The highest BCUT2D eigenvalue weighted by molar-refractivity contribution is 5.97. The smallest absolute Gasteiger partial charge is 0.387 e. The standard InChI is InChI=1S/C17H22F2N2O4.ClH/c18-17(19)25-14-6-2-1-5-13(14)16(24)21-11-9-20(10-12-21)8-4-3-7-15(22)23;/h1-2,5-6,17H,3-4,7-12H2,(H,22,23);1H. The van der Waals surface area contributed by atoms with Crippen molar-refractivity contribution in [1.82, 2.24) is 9.80 Å². The van der Waals surface area contributed by atoms with Crippen molar-refractivity contribution in [3.63, 3.8) is 0 Å². The lowest BCUT2D eigenvalue weighted by Gasteiger charge is -2.35. The molecule has 1 aliphatic rings. The fraction of sp³-hybridized carbons (Fsp3) is 0.529. The van der Waals surface area contributed by atoms with E-state index in [0.29, 0.717) is 32.6 Å². The van der Waals surface area contributed by atoms with E-state index in [-0.39, 0.29) is 36.0 Å². The van der Waals surface area contributed by atoms with E-state index in [1.165, 1.54) is 12.1 Å². The highest BCUT2D eigenvalue weighted by atomic mass is 35.5. The number of piperazine rings is 1. The lowest BCUT2D eigenvalue weighted by Crippen LogP contribution is -2.48. The van der Waals surface area contributed by atoms with Crippen molar-refractivity contribution in [2.75, 3.05) is 32.7 Å². The Morgan fingerprint density at radius 3 is 2.38 bits per heavy atom. The molecule has 146 valence electrons. The van der Waals surface area contributed by atoms with Gasteiger partial charge in [0.2, 0.25) is 0 Å². The molecule has 1 fully saturated rings. The van der Waals surface area contributed by atoms with Crippen LogP contribution in [0, 0.1) is 0 Å². The van der Waals surface area contributed by atoms with Gasteiger partial charge in [0, 0.05) is 32.6 Å². The molecule has 6 nitrogen and oxygen atoms in total. The molecule has 0 aromatic heterocycles. The molecular weight excluding hydrogens is 370 g/mol. The van der Waals surface area contributed by atoms with Crippen LogP contribution in [0.3, 0.4) is 0 Å². The zero-order chi connectivity index (χ0) is 18.2. The summed E-state index contributed by atoms with van der Waals surface area (Å²) in [5.41, 5.74) is 0.137. The Hall–Kier alpha value is -1.93. The molecule has 2 rings (SSSR count). The minimum absolute atomic E-state index is 0. The maximum atomic E-state index is 12.6. The van der Waals surface area contributed by atoms with Crippen LogP contribution in [0.15, 0.2) is 24.3 Å². The lowest BCUT2D eigenvalue weighted by atomic mass is 10.1. The topological polar surface area (TPSA) is 70.1 Å². The molecule has 1 aromatic rings. The zero-order valence-electron chi connectivity index (χ0n) is 14.3. The average molecular weight is 393 g/mol. The van der Waals surface area contributed by atoms with Gasteiger partial charge in [-0.3, -0.25) is 14.5 Å². The Morgan fingerprint density at radius 1 is 1.12 bits per heavy atom. The van der Waals surface area contributed by atoms with E-state index in [2.05, 4.69) is 9.64 Å². The molecule has 0 spiro atoms. The first-order chi connectivity index (χ1) is 12.0. The van der Waals surface area contributed by atoms with E-state index in [9.17, 15) is 18.4 Å². The number of benzene rings is 1. The molecule has 0 atom stereocenters. The quantitative estimate of drug-likeness (QED) is 0.689. The van der Waals surface area contributed by atoms with E-state index in [0.717, 1.165) is 13.0 Å². The summed E-state index contributed by atoms with van der Waals surface area (Å²) in [5.74, 6) is -1.22. The predicted molar refractivity (Wildman–Crippen MR) is 94.2 cm³/mol. The Kier molecular flexibility index (Phi) is 9.29. The number of carboxylic acids is 1. The molecule has 1 heterocycles. The number of hydrogen-bond donors (Lipinski definition) is 1. The number of para-hydroxylation sites is 1. The Balaban J connectivity index is 0.00000338. The van der Waals surface area contributed by atoms with Crippen LogP contribution in [0.25, 0.3) is 0 Å². The van der Waals surface area contributed by atoms with Gasteiger partial charge in [-0.05, 0) is 31.5 Å². The molecule has 1 saturated heterocycles. The Bertz CT molecular complexity index is 596. The summed E-state index contributed by atoms with van der Waals surface area (Å²) in [5, 5.41) is 8.62. The fourth-order valence-electron chi connectivity index (χ4n) is 2.80. The molecule has 0 bridgehead atoms. The van der Waals surface area contributed by atoms with E-state index in [1.54, 1.807) is 17.0 Å². The number of alkyl halides is 2. The van der Waals surface area contributed by atoms with Crippen LogP contribution >= 0.6 is 12.4 Å². The van der Waals surface area contributed by atoms with Gasteiger partial charge in [-0.25, -0.2) is 0 Å². The first kappa shape index (κ1) is 22.1. The monoisotopic (exact) mass is 392 g/mol. The summed E-state index contributed by atoms with van der Waals surface area (Å²) in [6.07, 6.45) is 1.59. The number of nitrogens with zero attached hydrogens (tertiary/aromatic N) is 2. The van der Waals surface area contributed by atoms with Crippen LogP contribution in [0.1, 0.15) is 29.6 Å². The summed E-state index contributed by atoms with van der Waals surface area (Å²) in [4.78, 5) is 26.8. The van der Waals surface area contributed by atoms with E-state index >= 15 is 0 Å². The third-order valence-corrected chi connectivity index (χ3v) is 4.11. The number of hydrogen-bond acceptors (Lipinski definition) is 4. The number of halogens is 3. The number of rotatable bonds is 8. The van der Waals surface area contributed by atoms with Crippen molar-refractivity contribution in [3.8, 4) is 5.75 Å². The number of amides is 1. The van der Waals surface area contributed by atoms with Gasteiger partial charge in [0.15, 0.2) is 0 Å². The average Bonchev–Trinajstić information content (AvgIpc) is 2.58. The SMILES string of the molecule is Cl.O=C(O)CCCCN1CCN(C(=O)c2ccccc2OC(F)F)CC1. The van der Waals surface area contributed by atoms with Crippen molar-refractivity contribution in [2.45, 2.75) is 25.9 Å². The molecule has 1 aromatic carbocycles. The van der Waals surface area contributed by atoms with Crippen molar-refractivity contribution in [3.05, 3.63) is 29.8 Å².